The molecule has 246 valence electrons. The Hall–Kier alpha value is -0.760. The van der Waals surface area contributed by atoms with Gasteiger partial charge in [-0.15, -0.1) is 0 Å². The normalized spacial score (nSPS) is 53.8. The Morgan fingerprint density at radius 1 is 0.524 bits per heavy atom. The molecule has 0 bridgehead atoms. The predicted octanol–water partition coefficient (Wildman–Crippen LogP) is -8.90. The summed E-state index contributed by atoms with van der Waals surface area (Å²) in [6, 6.07) is -4.18. The average Bonchev–Trinajstić information content (AvgIpc) is 3.27. The molecule has 0 radical (unpaired) electrons. The Morgan fingerprint density at radius 2 is 0.976 bits per heavy atom. The lowest BCUT2D eigenvalue weighted by molar-refractivity contribution is -0.306. The first kappa shape index (κ1) is 34.1. The van der Waals surface area contributed by atoms with E-state index in [1.807, 2.05) is 0 Å². The number of hydrogen-bond donors (Lipinski definition) is 13. The van der Waals surface area contributed by atoms with Crippen LogP contribution in [0.3, 0.4) is 0 Å². The zero-order chi connectivity index (χ0) is 31.0. The molecule has 3 saturated heterocycles. The average molecular weight is 615 g/mol. The summed E-state index contributed by atoms with van der Waals surface area (Å²) in [5.41, 5.74) is 35.6. The van der Waals surface area contributed by atoms with Crippen molar-refractivity contribution in [1.82, 2.24) is 0 Å². The Labute approximate surface area is 241 Å². The molecular formula is C23H46N6O13. The van der Waals surface area contributed by atoms with Crippen LogP contribution < -0.4 is 34.4 Å². The van der Waals surface area contributed by atoms with Crippen molar-refractivity contribution in [2.45, 2.75) is 123 Å². The van der Waals surface area contributed by atoms with E-state index in [0.717, 1.165) is 0 Å². The van der Waals surface area contributed by atoms with Crippen molar-refractivity contribution in [2.24, 2.45) is 34.4 Å². The van der Waals surface area contributed by atoms with Crippen LogP contribution >= 0.6 is 0 Å². The highest BCUT2D eigenvalue weighted by molar-refractivity contribution is 5.02. The van der Waals surface area contributed by atoms with Crippen LogP contribution in [0.1, 0.15) is 6.42 Å². The van der Waals surface area contributed by atoms with E-state index in [0.29, 0.717) is 0 Å². The molecular weight excluding hydrogens is 568 g/mol. The fourth-order valence-electron chi connectivity index (χ4n) is 5.74. The first-order valence-electron chi connectivity index (χ1n) is 13.9. The van der Waals surface area contributed by atoms with E-state index >= 15 is 0 Å². The topological polar surface area (TPSA) is 353 Å². The van der Waals surface area contributed by atoms with Crippen LogP contribution in [0, 0.1) is 0 Å². The van der Waals surface area contributed by atoms with E-state index in [1.165, 1.54) is 0 Å². The number of rotatable bonds is 9. The van der Waals surface area contributed by atoms with Crippen LogP contribution in [0.2, 0.25) is 0 Å². The lowest BCUT2D eigenvalue weighted by atomic mass is 9.84. The highest BCUT2D eigenvalue weighted by Crippen LogP contribution is 2.34. The summed E-state index contributed by atoms with van der Waals surface area (Å²) in [6.07, 6.45) is -19.8. The molecule has 0 aromatic carbocycles. The van der Waals surface area contributed by atoms with Gasteiger partial charge in [-0.05, 0) is 6.42 Å². The van der Waals surface area contributed by atoms with Crippen molar-refractivity contribution in [2.75, 3.05) is 19.7 Å². The third-order valence-electron chi connectivity index (χ3n) is 8.37. The van der Waals surface area contributed by atoms with Gasteiger partial charge in [0.15, 0.2) is 18.9 Å². The number of aliphatic hydroxyl groups excluding tert-OH is 7. The third-order valence-corrected chi connectivity index (χ3v) is 8.37. The molecule has 3 heterocycles. The summed E-state index contributed by atoms with van der Waals surface area (Å²) >= 11 is 0. The molecule has 0 aromatic rings. The van der Waals surface area contributed by atoms with Crippen LogP contribution in [0.15, 0.2) is 0 Å². The van der Waals surface area contributed by atoms with Crippen LogP contribution in [0.5, 0.6) is 0 Å². The van der Waals surface area contributed by atoms with Crippen molar-refractivity contribution in [3.05, 3.63) is 0 Å². The van der Waals surface area contributed by atoms with E-state index < -0.39 is 123 Å². The zero-order valence-electron chi connectivity index (χ0n) is 22.8. The second kappa shape index (κ2) is 14.1. The molecule has 19 heteroatoms. The van der Waals surface area contributed by atoms with E-state index in [4.69, 9.17) is 62.8 Å². The van der Waals surface area contributed by atoms with Crippen molar-refractivity contribution in [3.8, 4) is 0 Å². The molecule has 0 aromatic heterocycles. The zero-order valence-corrected chi connectivity index (χ0v) is 22.8. The van der Waals surface area contributed by atoms with Gasteiger partial charge in [0, 0.05) is 25.2 Å². The predicted molar refractivity (Wildman–Crippen MR) is 138 cm³/mol. The summed E-state index contributed by atoms with van der Waals surface area (Å²) in [4.78, 5) is 0. The summed E-state index contributed by atoms with van der Waals surface area (Å²) in [5.74, 6) is 0. The lowest BCUT2D eigenvalue weighted by Crippen LogP contribution is -2.68. The highest BCUT2D eigenvalue weighted by Gasteiger charge is 2.54. The molecule has 0 spiro atoms. The molecule has 19 nitrogen and oxygen atoms in total. The van der Waals surface area contributed by atoms with Crippen molar-refractivity contribution in [3.63, 3.8) is 0 Å². The largest absolute Gasteiger partial charge is 0.394 e. The van der Waals surface area contributed by atoms with E-state index in [2.05, 4.69) is 0 Å². The van der Waals surface area contributed by atoms with Crippen LogP contribution in [0.25, 0.3) is 0 Å². The minimum atomic E-state index is -1.60. The molecule has 0 unspecified atom stereocenters. The van der Waals surface area contributed by atoms with Crippen molar-refractivity contribution < 1.29 is 64.2 Å². The third kappa shape index (κ3) is 6.60. The minimum absolute atomic E-state index is 0.0889. The maximum Gasteiger partial charge on any atom is 0.187 e. The van der Waals surface area contributed by atoms with Gasteiger partial charge in [0.1, 0.15) is 67.1 Å². The molecule has 4 aliphatic rings. The quantitative estimate of drug-likeness (QED) is 0.115. The number of nitrogens with two attached hydrogens (primary N) is 6. The summed E-state index contributed by atoms with van der Waals surface area (Å²) in [7, 11) is 0. The summed E-state index contributed by atoms with van der Waals surface area (Å²) in [6.45, 7) is -0.967. The summed E-state index contributed by atoms with van der Waals surface area (Å²) < 4.78 is 34.6. The molecule has 4 rings (SSSR count). The van der Waals surface area contributed by atoms with Crippen molar-refractivity contribution >= 4 is 0 Å². The SMILES string of the molecule is NC[C@@H]1O[C@H](O[C@@H]2[C@H](O)[C@H](O[C@H]3[C@H](O)[C@H](N)C[C@H](N)[C@H]3O[C@@H]3O[C@H](CN)[C@H](O)[C@H](O)[C@H]3N)O[C@@H]2CO)[C@H](N)[C@H](O)[C@@H]1O. The highest BCUT2D eigenvalue weighted by atomic mass is 16.8. The first-order chi connectivity index (χ1) is 19.8. The van der Waals surface area contributed by atoms with Gasteiger partial charge in [0.25, 0.3) is 0 Å². The van der Waals surface area contributed by atoms with E-state index in [-0.39, 0.29) is 19.5 Å². The van der Waals surface area contributed by atoms with Crippen molar-refractivity contribution in [1.29, 1.82) is 0 Å². The first-order valence-corrected chi connectivity index (χ1v) is 13.9. The molecule has 42 heavy (non-hydrogen) atoms. The fraction of sp³-hybridized carbons (Fsp3) is 1.00. The maximum absolute atomic E-state index is 11.1. The van der Waals surface area contributed by atoms with Gasteiger partial charge in [0.2, 0.25) is 0 Å². The molecule has 19 N–H and O–H groups in total. The van der Waals surface area contributed by atoms with Crippen LogP contribution in [-0.2, 0) is 28.4 Å². The Balaban J connectivity index is 1.50. The van der Waals surface area contributed by atoms with Gasteiger partial charge in [-0.3, -0.25) is 0 Å². The molecule has 4 fully saturated rings. The minimum Gasteiger partial charge on any atom is -0.394 e. The van der Waals surface area contributed by atoms with Gasteiger partial charge in [-0.25, -0.2) is 0 Å². The molecule has 0 amide bonds. The molecule has 1 aliphatic carbocycles. The fourth-order valence-corrected chi connectivity index (χ4v) is 5.74. The summed E-state index contributed by atoms with van der Waals surface area (Å²) in [5, 5.41) is 73.0. The van der Waals surface area contributed by atoms with Gasteiger partial charge in [-0.1, -0.05) is 0 Å². The maximum atomic E-state index is 11.1. The Kier molecular flexibility index (Phi) is 11.5. The second-order valence-electron chi connectivity index (χ2n) is 11.2. The van der Waals surface area contributed by atoms with Gasteiger partial charge in [0.05, 0.1) is 24.8 Å². The van der Waals surface area contributed by atoms with Crippen LogP contribution in [0.4, 0.5) is 0 Å². The van der Waals surface area contributed by atoms with Crippen LogP contribution in [-0.4, -0.2) is 172 Å². The van der Waals surface area contributed by atoms with E-state index in [1.54, 1.807) is 0 Å². The lowest BCUT2D eigenvalue weighted by Gasteiger charge is -2.47. The van der Waals surface area contributed by atoms with Gasteiger partial charge >= 0.3 is 0 Å². The molecule has 3 aliphatic heterocycles. The number of hydrogen-bond acceptors (Lipinski definition) is 19. The molecule has 19 atom stereocenters. The Bertz CT molecular complexity index is 868. The van der Waals surface area contributed by atoms with Gasteiger partial charge in [-0.2, -0.15) is 0 Å². The monoisotopic (exact) mass is 614 g/mol. The number of ether oxygens (including phenoxy) is 6. The number of aliphatic hydroxyl groups is 7. The Morgan fingerprint density at radius 3 is 1.45 bits per heavy atom. The molecule has 1 saturated carbocycles. The smallest absolute Gasteiger partial charge is 0.187 e. The van der Waals surface area contributed by atoms with Gasteiger partial charge < -0.3 is 98.6 Å². The standard InChI is InChI=1S/C23H46N6O13/c24-2-7-13(32)15(34)10(28)21(37-7)40-18-6(27)1-5(26)12(31)20(18)42-23-17(36)19(9(4-30)39-23)41-22-11(29)16(35)14(33)8(3-25)38-22/h5-23,30-36H,1-4,24-29H2/t5-,6+,7-,8+,9-,10-,11-,12-,13+,14-,15-,16+,17+,18-,19+,20+,21+,22-,23+/m1/s1. The second-order valence-corrected chi connectivity index (χ2v) is 11.2. The van der Waals surface area contributed by atoms with E-state index in [9.17, 15) is 35.7 Å².